The van der Waals surface area contributed by atoms with Crippen LogP contribution in [0.4, 0.5) is 11.7 Å². The summed E-state index contributed by atoms with van der Waals surface area (Å²) >= 11 is 12.1. The van der Waals surface area contributed by atoms with Crippen LogP contribution < -0.4 is 10.2 Å². The molecular formula is C19H19Cl2N5O. The van der Waals surface area contributed by atoms with Gasteiger partial charge in [-0.05, 0) is 50.1 Å². The first-order chi connectivity index (χ1) is 13.1. The lowest BCUT2D eigenvalue weighted by Gasteiger charge is -2.33. The van der Waals surface area contributed by atoms with Crippen LogP contribution in [0, 0.1) is 6.92 Å². The Kier molecular flexibility index (Phi) is 5.18. The number of halogens is 2. The van der Waals surface area contributed by atoms with Crippen LogP contribution in [-0.2, 0) is 0 Å². The van der Waals surface area contributed by atoms with E-state index >= 15 is 0 Å². The number of nitrogens with zero attached hydrogens (tertiary/aromatic N) is 4. The highest BCUT2D eigenvalue weighted by Gasteiger charge is 2.21. The van der Waals surface area contributed by atoms with E-state index in [1.807, 2.05) is 13.1 Å². The molecule has 27 heavy (non-hydrogen) atoms. The molecule has 0 amide bonds. The number of benzene rings is 1. The average molecular weight is 404 g/mol. The third-order valence-corrected chi connectivity index (χ3v) is 5.05. The molecule has 1 aromatic carbocycles. The fourth-order valence-corrected chi connectivity index (χ4v) is 3.79. The van der Waals surface area contributed by atoms with Gasteiger partial charge in [0.05, 0.1) is 0 Å². The van der Waals surface area contributed by atoms with Gasteiger partial charge in [-0.3, -0.25) is 4.98 Å². The Balaban J connectivity index is 1.38. The Labute approximate surface area is 167 Å². The van der Waals surface area contributed by atoms with Crippen LogP contribution in [0.15, 0.2) is 41.1 Å². The number of hydrogen-bond donors (Lipinski definition) is 1. The molecule has 8 heteroatoms. The molecule has 4 rings (SSSR count). The number of nitrogens with one attached hydrogen (secondary N) is 1. The van der Waals surface area contributed by atoms with Crippen molar-refractivity contribution in [3.05, 3.63) is 52.3 Å². The van der Waals surface area contributed by atoms with Crippen LogP contribution in [-0.4, -0.2) is 34.3 Å². The summed E-state index contributed by atoms with van der Waals surface area (Å²) in [7, 11) is 0. The lowest BCUT2D eigenvalue weighted by Crippen LogP contribution is -2.39. The van der Waals surface area contributed by atoms with Gasteiger partial charge in [0, 0.05) is 52.3 Å². The van der Waals surface area contributed by atoms with Gasteiger partial charge in [0.25, 0.3) is 0 Å². The van der Waals surface area contributed by atoms with E-state index in [0.717, 1.165) is 37.2 Å². The second-order valence-corrected chi connectivity index (χ2v) is 7.52. The number of anilines is 2. The number of piperidine rings is 1. The molecule has 1 saturated heterocycles. The van der Waals surface area contributed by atoms with Crippen LogP contribution in [0.2, 0.25) is 10.0 Å². The van der Waals surface area contributed by atoms with Crippen molar-refractivity contribution in [3.63, 3.8) is 0 Å². The van der Waals surface area contributed by atoms with Crippen molar-refractivity contribution in [1.29, 1.82) is 0 Å². The normalized spacial score (nSPS) is 15.1. The van der Waals surface area contributed by atoms with Crippen LogP contribution in [0.5, 0.6) is 0 Å². The Bertz CT molecular complexity index is 917. The van der Waals surface area contributed by atoms with Crippen molar-refractivity contribution >= 4 is 34.9 Å². The first-order valence-electron chi connectivity index (χ1n) is 8.81. The number of aromatic nitrogens is 3. The molecule has 0 bridgehead atoms. The molecule has 0 spiro atoms. The highest BCUT2D eigenvalue weighted by Crippen LogP contribution is 2.27. The summed E-state index contributed by atoms with van der Waals surface area (Å²) in [5.74, 6) is 0.464. The fourth-order valence-electron chi connectivity index (χ4n) is 3.27. The molecule has 0 saturated carbocycles. The van der Waals surface area contributed by atoms with E-state index in [4.69, 9.17) is 27.7 Å². The van der Waals surface area contributed by atoms with Crippen LogP contribution in [0.3, 0.4) is 0 Å². The molecule has 1 fully saturated rings. The molecule has 0 unspecified atom stereocenters. The maximum atomic E-state index is 6.04. The Hall–Kier alpha value is -2.31. The van der Waals surface area contributed by atoms with Crippen molar-refractivity contribution in [1.82, 2.24) is 15.1 Å². The quantitative estimate of drug-likeness (QED) is 0.672. The van der Waals surface area contributed by atoms with Gasteiger partial charge in [0.2, 0.25) is 5.82 Å². The SMILES string of the molecule is Cc1cc(N2CCC(Nc3nc(-c4cc(Cl)cc(Cl)c4)no3)CC2)ccn1. The van der Waals surface area contributed by atoms with Gasteiger partial charge >= 0.3 is 6.01 Å². The van der Waals surface area contributed by atoms with Gasteiger partial charge in [-0.1, -0.05) is 28.4 Å². The van der Waals surface area contributed by atoms with E-state index in [9.17, 15) is 0 Å². The van der Waals surface area contributed by atoms with Gasteiger partial charge in [0.15, 0.2) is 0 Å². The summed E-state index contributed by atoms with van der Waals surface area (Å²) in [5.41, 5.74) is 2.98. The predicted octanol–water partition coefficient (Wildman–Crippen LogP) is 4.83. The second kappa shape index (κ2) is 7.74. The topological polar surface area (TPSA) is 67.1 Å². The van der Waals surface area contributed by atoms with Crippen molar-refractivity contribution in [3.8, 4) is 11.4 Å². The lowest BCUT2D eigenvalue weighted by atomic mass is 10.0. The molecule has 0 aliphatic carbocycles. The maximum absolute atomic E-state index is 6.04. The highest BCUT2D eigenvalue weighted by molar-refractivity contribution is 6.35. The molecule has 1 aliphatic heterocycles. The number of hydrogen-bond acceptors (Lipinski definition) is 6. The molecule has 1 aliphatic rings. The van der Waals surface area contributed by atoms with Gasteiger partial charge in [-0.15, -0.1) is 0 Å². The zero-order valence-electron chi connectivity index (χ0n) is 14.8. The number of aryl methyl sites for hydroxylation is 1. The fraction of sp³-hybridized carbons (Fsp3) is 0.316. The summed E-state index contributed by atoms with van der Waals surface area (Å²) < 4.78 is 5.35. The Morgan fingerprint density at radius 1 is 1.11 bits per heavy atom. The van der Waals surface area contributed by atoms with E-state index in [-0.39, 0.29) is 0 Å². The van der Waals surface area contributed by atoms with E-state index in [2.05, 4.69) is 37.5 Å². The minimum Gasteiger partial charge on any atom is -0.371 e. The van der Waals surface area contributed by atoms with Crippen LogP contribution in [0.25, 0.3) is 11.4 Å². The van der Waals surface area contributed by atoms with Crippen molar-refractivity contribution in [2.75, 3.05) is 23.3 Å². The van der Waals surface area contributed by atoms with Crippen LogP contribution in [0.1, 0.15) is 18.5 Å². The molecule has 2 aromatic heterocycles. The summed E-state index contributed by atoms with van der Waals surface area (Å²) in [6.07, 6.45) is 3.83. The van der Waals surface area contributed by atoms with Crippen molar-refractivity contribution in [2.24, 2.45) is 0 Å². The Morgan fingerprint density at radius 3 is 2.56 bits per heavy atom. The Morgan fingerprint density at radius 2 is 1.85 bits per heavy atom. The minimum absolute atomic E-state index is 0.292. The summed E-state index contributed by atoms with van der Waals surface area (Å²) in [5, 5.41) is 8.44. The van der Waals surface area contributed by atoms with Gasteiger partial charge in [0.1, 0.15) is 0 Å². The van der Waals surface area contributed by atoms with E-state index in [1.165, 1.54) is 5.69 Å². The highest BCUT2D eigenvalue weighted by atomic mass is 35.5. The number of rotatable bonds is 4. The maximum Gasteiger partial charge on any atom is 0.322 e. The monoisotopic (exact) mass is 403 g/mol. The smallest absolute Gasteiger partial charge is 0.322 e. The van der Waals surface area contributed by atoms with Crippen molar-refractivity contribution < 1.29 is 4.52 Å². The third-order valence-electron chi connectivity index (χ3n) is 4.61. The number of pyridine rings is 1. The summed E-state index contributed by atoms with van der Waals surface area (Å²) in [6.45, 7) is 3.94. The molecule has 140 valence electrons. The van der Waals surface area contributed by atoms with E-state index in [1.54, 1.807) is 18.2 Å². The van der Waals surface area contributed by atoms with Gasteiger partial charge < -0.3 is 14.7 Å². The van der Waals surface area contributed by atoms with Crippen LogP contribution >= 0.6 is 23.2 Å². The first-order valence-corrected chi connectivity index (χ1v) is 9.57. The summed E-state index contributed by atoms with van der Waals surface area (Å²) in [4.78, 5) is 11.1. The molecule has 1 N–H and O–H groups in total. The van der Waals surface area contributed by atoms with E-state index < -0.39 is 0 Å². The first kappa shape index (κ1) is 18.1. The largest absolute Gasteiger partial charge is 0.371 e. The van der Waals surface area contributed by atoms with E-state index in [0.29, 0.717) is 27.9 Å². The van der Waals surface area contributed by atoms with Crippen molar-refractivity contribution in [2.45, 2.75) is 25.8 Å². The zero-order chi connectivity index (χ0) is 18.8. The third kappa shape index (κ3) is 4.34. The molecule has 3 heterocycles. The standard InChI is InChI=1S/C19H19Cl2N5O/c1-12-8-17(2-5-22-12)26-6-3-16(4-7-26)23-19-24-18(25-27-19)13-9-14(20)11-15(21)10-13/h2,5,8-11,16H,3-4,6-7H2,1H3,(H,23,24,25). The average Bonchev–Trinajstić information content (AvgIpc) is 3.10. The lowest BCUT2D eigenvalue weighted by molar-refractivity contribution is 0.419. The molecule has 6 nitrogen and oxygen atoms in total. The molecule has 3 aromatic rings. The molecule has 0 atom stereocenters. The minimum atomic E-state index is 0.292. The zero-order valence-corrected chi connectivity index (χ0v) is 16.3. The molecular weight excluding hydrogens is 385 g/mol. The predicted molar refractivity (Wildman–Crippen MR) is 108 cm³/mol. The molecule has 0 radical (unpaired) electrons. The van der Waals surface area contributed by atoms with Gasteiger partial charge in [-0.25, -0.2) is 0 Å². The van der Waals surface area contributed by atoms with Gasteiger partial charge in [-0.2, -0.15) is 4.98 Å². The summed E-state index contributed by atoms with van der Waals surface area (Å²) in [6, 6.07) is 10.1. The second-order valence-electron chi connectivity index (χ2n) is 6.64.